The van der Waals surface area contributed by atoms with Gasteiger partial charge in [0.25, 0.3) is 5.91 Å². The Kier molecular flexibility index (Phi) is 11.5. The van der Waals surface area contributed by atoms with Gasteiger partial charge in [-0.2, -0.15) is 0 Å². The van der Waals surface area contributed by atoms with Gasteiger partial charge < -0.3 is 30.3 Å². The number of hydroxylamine groups is 1. The number of methoxy groups -OCH3 is 1. The molecule has 5 aliphatic rings. The molecule has 1 aromatic carbocycles. The van der Waals surface area contributed by atoms with Crippen LogP contribution in [0.15, 0.2) is 18.2 Å². The Hall–Kier alpha value is -3.97. The number of Topliss-reactive ketones (excluding diaryl/α,β-unsaturated/α-hetero) is 1. The van der Waals surface area contributed by atoms with Crippen LogP contribution in [0.4, 0.5) is 0 Å². The normalized spacial score (nSPS) is 24.5. The zero-order valence-electron chi connectivity index (χ0n) is 32.1. The number of carbonyl (C=O) groups excluding carboxylic acids is 5. The molecule has 2 saturated carbocycles. The van der Waals surface area contributed by atoms with E-state index < -0.39 is 52.6 Å². The largest absolute Gasteiger partial charge is 0.496 e. The molecule has 1 aromatic rings. The van der Waals surface area contributed by atoms with E-state index in [9.17, 15) is 24.0 Å². The first kappa shape index (κ1) is 38.7. The average Bonchev–Trinajstić information content (AvgIpc) is 3.68. The van der Waals surface area contributed by atoms with E-state index in [1.807, 2.05) is 52.8 Å². The van der Waals surface area contributed by atoms with E-state index in [0.29, 0.717) is 25.3 Å². The van der Waals surface area contributed by atoms with E-state index in [2.05, 4.69) is 21.4 Å². The summed E-state index contributed by atoms with van der Waals surface area (Å²) in [6, 6.07) is 0.971. The van der Waals surface area contributed by atoms with Crippen LogP contribution in [-0.2, 0) is 33.5 Å². The number of nitrogens with one attached hydrogen (secondary N) is 4. The SMILES string of the molecule is COc1c(C)cc(C2=C[C@]3(C[C@@H](C(=O)N[C@@H](CC4CCC4)C(=O)C(=O)NC4CC4)N(C(=O)[C@@H](NC(=O)CC4CCOCC4)C(C)(C)C)C3)ON2)cc1C. The molecule has 0 bridgehead atoms. The standard InChI is InChI=1S/C40H57N5O8/c1-23-16-27(17-24(2)34(23)51-6)30-20-40(53-44-30)21-31(36(48)42-29(18-25-8-7-9-25)33(47)37(49)41-28-10-11-28)45(22-40)38(50)35(39(3,4)5)43-32(46)19-26-12-14-52-15-13-26/h16-17,20,25-26,28-29,31,35,44H,7-15,18-19,21-22H2,1-6H3,(H,41,49)(H,42,48)(H,43,46)/t29-,31-,35+,40+/m0/s1. The highest BCUT2D eigenvalue weighted by molar-refractivity contribution is 6.38. The van der Waals surface area contributed by atoms with Gasteiger partial charge in [-0.1, -0.05) is 40.0 Å². The third kappa shape index (κ3) is 9.05. The number of nitrogens with zero attached hydrogens (tertiary/aromatic N) is 1. The maximum absolute atomic E-state index is 14.7. The summed E-state index contributed by atoms with van der Waals surface area (Å²) in [6.07, 6.45) is 8.79. The van der Waals surface area contributed by atoms with Crippen LogP contribution in [0.25, 0.3) is 5.70 Å². The van der Waals surface area contributed by atoms with Crippen molar-refractivity contribution in [2.45, 2.75) is 129 Å². The van der Waals surface area contributed by atoms with E-state index in [4.69, 9.17) is 14.3 Å². The van der Waals surface area contributed by atoms with Gasteiger partial charge in [-0.25, -0.2) is 0 Å². The van der Waals surface area contributed by atoms with E-state index in [0.717, 1.165) is 67.4 Å². The van der Waals surface area contributed by atoms with Gasteiger partial charge >= 0.3 is 0 Å². The van der Waals surface area contributed by atoms with Gasteiger partial charge in [-0.3, -0.25) is 34.3 Å². The molecular formula is C40H57N5O8. The Morgan fingerprint density at radius 3 is 2.25 bits per heavy atom. The summed E-state index contributed by atoms with van der Waals surface area (Å²) in [5, 5.41) is 8.71. The number of ketones is 1. The molecule has 0 radical (unpaired) electrons. The number of carbonyl (C=O) groups is 5. The lowest BCUT2D eigenvalue weighted by Crippen LogP contribution is -2.59. The van der Waals surface area contributed by atoms with Gasteiger partial charge in [-0.15, -0.1) is 0 Å². The zero-order chi connectivity index (χ0) is 38.1. The lowest BCUT2D eigenvalue weighted by molar-refractivity contribution is -0.145. The number of hydrogen-bond donors (Lipinski definition) is 4. The molecule has 1 spiro atoms. The van der Waals surface area contributed by atoms with E-state index in [-0.39, 0.29) is 43.2 Å². The molecule has 4 fully saturated rings. The highest BCUT2D eigenvalue weighted by atomic mass is 16.7. The van der Waals surface area contributed by atoms with Gasteiger partial charge in [0.15, 0.2) is 0 Å². The molecule has 53 heavy (non-hydrogen) atoms. The summed E-state index contributed by atoms with van der Waals surface area (Å²) < 4.78 is 11.0. The molecule has 3 aliphatic heterocycles. The molecular weight excluding hydrogens is 678 g/mol. The van der Waals surface area contributed by atoms with Crippen LogP contribution in [-0.4, -0.2) is 90.9 Å². The van der Waals surface area contributed by atoms with Gasteiger partial charge in [0, 0.05) is 37.7 Å². The Balaban J connectivity index is 1.28. The van der Waals surface area contributed by atoms with Crippen molar-refractivity contribution in [2.24, 2.45) is 17.3 Å². The second-order valence-corrected chi connectivity index (χ2v) is 17.0. The van der Waals surface area contributed by atoms with E-state index >= 15 is 0 Å². The van der Waals surface area contributed by atoms with Gasteiger partial charge in [0.2, 0.25) is 23.5 Å². The molecule has 0 aromatic heterocycles. The molecule has 2 aliphatic carbocycles. The highest BCUT2D eigenvalue weighted by Crippen LogP contribution is 2.40. The first-order valence-corrected chi connectivity index (χ1v) is 19.3. The van der Waals surface area contributed by atoms with Crippen LogP contribution in [0.1, 0.15) is 102 Å². The number of hydrogen-bond acceptors (Lipinski definition) is 9. The lowest BCUT2D eigenvalue weighted by Gasteiger charge is -2.36. The third-order valence-electron chi connectivity index (χ3n) is 11.5. The van der Waals surface area contributed by atoms with Gasteiger partial charge in [0.1, 0.15) is 23.4 Å². The number of benzene rings is 1. The molecule has 3 heterocycles. The van der Waals surface area contributed by atoms with Crippen LogP contribution in [0.3, 0.4) is 0 Å². The van der Waals surface area contributed by atoms with Crippen molar-refractivity contribution in [1.29, 1.82) is 0 Å². The van der Waals surface area contributed by atoms with Crippen molar-refractivity contribution in [3.63, 3.8) is 0 Å². The summed E-state index contributed by atoms with van der Waals surface area (Å²) in [4.78, 5) is 76.8. The molecule has 6 rings (SSSR count). The molecule has 13 nitrogen and oxygen atoms in total. The van der Waals surface area contributed by atoms with E-state index in [1.165, 1.54) is 4.90 Å². The minimum absolute atomic E-state index is 0.00317. The third-order valence-corrected chi connectivity index (χ3v) is 11.5. The van der Waals surface area contributed by atoms with Crippen molar-refractivity contribution in [3.8, 4) is 5.75 Å². The minimum atomic E-state index is -1.08. The minimum Gasteiger partial charge on any atom is -0.496 e. The van der Waals surface area contributed by atoms with E-state index in [1.54, 1.807) is 7.11 Å². The zero-order valence-corrected chi connectivity index (χ0v) is 32.1. The Labute approximate surface area is 312 Å². The van der Waals surface area contributed by atoms with Crippen molar-refractivity contribution in [3.05, 3.63) is 34.9 Å². The number of rotatable bonds is 13. The van der Waals surface area contributed by atoms with Crippen LogP contribution in [0, 0.1) is 31.1 Å². The smallest absolute Gasteiger partial charge is 0.289 e. The van der Waals surface area contributed by atoms with Crippen LogP contribution < -0.4 is 26.2 Å². The maximum atomic E-state index is 14.7. The summed E-state index contributed by atoms with van der Waals surface area (Å²) in [5.41, 5.74) is 4.73. The van der Waals surface area contributed by atoms with Crippen molar-refractivity contribution < 1.29 is 38.3 Å². The first-order chi connectivity index (χ1) is 25.2. The summed E-state index contributed by atoms with van der Waals surface area (Å²) >= 11 is 0. The average molecular weight is 736 g/mol. The number of ether oxygens (including phenoxy) is 2. The summed E-state index contributed by atoms with van der Waals surface area (Å²) in [5.74, 6) is -1.33. The summed E-state index contributed by atoms with van der Waals surface area (Å²) in [7, 11) is 1.64. The molecule has 290 valence electrons. The van der Waals surface area contributed by atoms with Crippen LogP contribution in [0.2, 0.25) is 0 Å². The fourth-order valence-corrected chi connectivity index (χ4v) is 8.04. The van der Waals surface area contributed by atoms with Crippen LogP contribution >= 0.6 is 0 Å². The highest BCUT2D eigenvalue weighted by Gasteiger charge is 2.54. The number of likely N-dealkylation sites (tertiary alicyclic amines) is 1. The maximum Gasteiger partial charge on any atom is 0.289 e. The lowest BCUT2D eigenvalue weighted by atomic mass is 9.80. The molecule has 4 atom stereocenters. The van der Waals surface area contributed by atoms with Crippen molar-refractivity contribution in [2.75, 3.05) is 26.9 Å². The van der Waals surface area contributed by atoms with Gasteiger partial charge in [-0.05, 0) is 92.5 Å². The Morgan fingerprint density at radius 2 is 1.66 bits per heavy atom. The quantitative estimate of drug-likeness (QED) is 0.223. The predicted molar refractivity (Wildman–Crippen MR) is 197 cm³/mol. The van der Waals surface area contributed by atoms with Crippen molar-refractivity contribution >= 4 is 35.1 Å². The first-order valence-electron chi connectivity index (χ1n) is 19.3. The molecule has 13 heteroatoms. The van der Waals surface area contributed by atoms with Crippen LogP contribution in [0.5, 0.6) is 5.75 Å². The molecule has 0 unspecified atom stereocenters. The second-order valence-electron chi connectivity index (χ2n) is 17.0. The monoisotopic (exact) mass is 735 g/mol. The molecule has 4 amide bonds. The fraction of sp³-hybridized carbons (Fsp3) is 0.675. The van der Waals surface area contributed by atoms with Gasteiger partial charge in [0.05, 0.1) is 25.4 Å². The predicted octanol–water partition coefficient (Wildman–Crippen LogP) is 3.40. The summed E-state index contributed by atoms with van der Waals surface area (Å²) in [6.45, 7) is 10.8. The number of aryl methyl sites for hydroxylation is 2. The molecule has 4 N–H and O–H groups in total. The molecule has 2 saturated heterocycles. The Morgan fingerprint density at radius 1 is 0.981 bits per heavy atom. The topological polar surface area (TPSA) is 164 Å². The number of amides is 4. The Bertz CT molecular complexity index is 1600. The second kappa shape index (κ2) is 15.8. The fourth-order valence-electron chi connectivity index (χ4n) is 8.04. The van der Waals surface area contributed by atoms with Crippen molar-refractivity contribution in [1.82, 2.24) is 26.3 Å².